The molecule has 0 heterocycles. The Balaban J connectivity index is 0. The van der Waals surface area contributed by atoms with Crippen molar-refractivity contribution in [3.05, 3.63) is 0 Å². The van der Waals surface area contributed by atoms with Crippen LogP contribution in [0.15, 0.2) is 0 Å². The number of aliphatic hydroxyl groups is 1. The van der Waals surface area contributed by atoms with Gasteiger partial charge in [-0.2, -0.15) is 0 Å². The van der Waals surface area contributed by atoms with Crippen LogP contribution in [-0.4, -0.2) is 29.4 Å². The summed E-state index contributed by atoms with van der Waals surface area (Å²) in [4.78, 5) is 0. The number of rotatable bonds is 21. The van der Waals surface area contributed by atoms with E-state index in [0.29, 0.717) is 12.8 Å². The minimum atomic E-state index is -4.40. The Morgan fingerprint density at radius 1 is 0.621 bits per heavy atom. The van der Waals surface area contributed by atoms with Gasteiger partial charge in [0.2, 0.25) is 0 Å². The molecule has 0 saturated carbocycles. The summed E-state index contributed by atoms with van der Waals surface area (Å²) >= 11 is 0. The molecule has 0 fully saturated rings. The first kappa shape index (κ1) is 32.1. The number of hydrogen-bond donors (Lipinski definition) is 1. The van der Waals surface area contributed by atoms with Crippen LogP contribution in [0.25, 0.3) is 0 Å². The molecule has 0 rings (SSSR count). The summed E-state index contributed by atoms with van der Waals surface area (Å²) in [7, 11) is -4.40. The smallest absolute Gasteiger partial charge is 0.748 e. The molecule has 0 aromatic carbocycles. The maximum absolute atomic E-state index is 11.2. The predicted molar refractivity (Wildman–Crippen MR) is 119 cm³/mol. The average Bonchev–Trinajstić information content (AvgIpc) is 2.64. The van der Waals surface area contributed by atoms with E-state index in [-0.39, 0.29) is 36.0 Å². The summed E-state index contributed by atoms with van der Waals surface area (Å²) in [5.41, 5.74) is 0. The van der Waals surface area contributed by atoms with Gasteiger partial charge >= 0.3 is 29.6 Å². The molecule has 2 unspecified atom stereocenters. The largest absolute Gasteiger partial charge is 1.00 e. The summed E-state index contributed by atoms with van der Waals surface area (Å²) in [6, 6.07) is 0. The van der Waals surface area contributed by atoms with Crippen molar-refractivity contribution in [1.29, 1.82) is 0 Å². The SMILES string of the molecule is CCCCCCCCCCCCCCCCCCC(O)C(CCC)S(=O)(=O)[O-].[Na+]. The first-order valence-electron chi connectivity index (χ1n) is 12.1. The third-order valence-corrected chi connectivity index (χ3v) is 7.02. The predicted octanol–water partition coefficient (Wildman–Crippen LogP) is 3.72. The van der Waals surface area contributed by atoms with Crippen molar-refractivity contribution in [3.8, 4) is 0 Å². The van der Waals surface area contributed by atoms with Crippen molar-refractivity contribution < 1.29 is 47.6 Å². The topological polar surface area (TPSA) is 77.4 Å². The number of hydrogen-bond acceptors (Lipinski definition) is 4. The minimum absolute atomic E-state index is 0. The zero-order valence-electron chi connectivity index (χ0n) is 19.7. The molecule has 0 spiro atoms. The fourth-order valence-electron chi connectivity index (χ4n) is 3.90. The summed E-state index contributed by atoms with van der Waals surface area (Å²) in [5.74, 6) is 0. The van der Waals surface area contributed by atoms with E-state index < -0.39 is 21.5 Å². The second kappa shape index (κ2) is 22.1. The Bertz CT molecular complexity index is 429. The van der Waals surface area contributed by atoms with Gasteiger partial charge in [0.1, 0.15) is 10.1 Å². The van der Waals surface area contributed by atoms with Crippen molar-refractivity contribution in [2.24, 2.45) is 0 Å². The molecule has 0 aromatic rings. The zero-order valence-corrected chi connectivity index (χ0v) is 22.5. The number of unbranched alkanes of at least 4 members (excludes halogenated alkanes) is 15. The minimum Gasteiger partial charge on any atom is -0.748 e. The van der Waals surface area contributed by atoms with Gasteiger partial charge in [0, 0.05) is 0 Å². The maximum Gasteiger partial charge on any atom is 1.00 e. The molecule has 0 aliphatic rings. The molecule has 0 saturated heterocycles. The normalized spacial score (nSPS) is 13.8. The quantitative estimate of drug-likeness (QED) is 0.167. The van der Waals surface area contributed by atoms with Crippen molar-refractivity contribution in [2.75, 3.05) is 0 Å². The van der Waals surface area contributed by atoms with Crippen molar-refractivity contribution in [3.63, 3.8) is 0 Å². The molecular weight excluding hydrogens is 395 g/mol. The molecule has 0 aliphatic carbocycles. The van der Waals surface area contributed by atoms with E-state index in [1.54, 1.807) is 0 Å². The Labute approximate surface area is 204 Å². The molecule has 0 amide bonds. The Kier molecular flexibility index (Phi) is 24.4. The standard InChI is InChI=1S/C23H48O4S.Na/c1-3-5-6-7-8-9-10-11-12-13-14-15-16-17-18-19-21-22(24)23(20-4-2)28(25,26)27;/h22-24H,3-21H2,1-2H3,(H,25,26,27);/q;+1/p-1. The fourth-order valence-corrected chi connectivity index (χ4v) is 4.95. The van der Waals surface area contributed by atoms with E-state index in [9.17, 15) is 18.1 Å². The van der Waals surface area contributed by atoms with E-state index in [1.807, 2.05) is 6.92 Å². The third-order valence-electron chi connectivity index (χ3n) is 5.73. The average molecular weight is 443 g/mol. The van der Waals surface area contributed by atoms with Gasteiger partial charge in [-0.1, -0.05) is 123 Å². The zero-order chi connectivity index (χ0) is 21.1. The van der Waals surface area contributed by atoms with Crippen LogP contribution in [0.2, 0.25) is 0 Å². The van der Waals surface area contributed by atoms with Crippen LogP contribution in [0.5, 0.6) is 0 Å². The Morgan fingerprint density at radius 2 is 0.966 bits per heavy atom. The van der Waals surface area contributed by atoms with Gasteiger partial charge in [0.15, 0.2) is 0 Å². The van der Waals surface area contributed by atoms with E-state index in [0.717, 1.165) is 19.3 Å². The van der Waals surface area contributed by atoms with E-state index in [4.69, 9.17) is 0 Å². The summed E-state index contributed by atoms with van der Waals surface area (Å²) in [6.07, 6.45) is 20.8. The van der Waals surface area contributed by atoms with Crippen LogP contribution in [0.3, 0.4) is 0 Å². The molecule has 4 nitrogen and oxygen atoms in total. The van der Waals surface area contributed by atoms with Crippen LogP contribution in [0, 0.1) is 0 Å². The van der Waals surface area contributed by atoms with E-state index in [2.05, 4.69) is 6.92 Å². The molecule has 29 heavy (non-hydrogen) atoms. The molecule has 170 valence electrons. The van der Waals surface area contributed by atoms with Gasteiger partial charge in [0.25, 0.3) is 0 Å². The molecular formula is C23H47NaO4S. The van der Waals surface area contributed by atoms with Crippen LogP contribution in [-0.2, 0) is 10.1 Å². The fraction of sp³-hybridized carbons (Fsp3) is 1.00. The second-order valence-corrected chi connectivity index (χ2v) is 10.1. The van der Waals surface area contributed by atoms with Crippen molar-refractivity contribution >= 4 is 10.1 Å². The maximum atomic E-state index is 11.2. The molecule has 1 N–H and O–H groups in total. The van der Waals surface area contributed by atoms with E-state index in [1.165, 1.54) is 83.5 Å². The van der Waals surface area contributed by atoms with Crippen molar-refractivity contribution in [1.82, 2.24) is 0 Å². The van der Waals surface area contributed by atoms with Gasteiger partial charge in [-0.3, -0.25) is 0 Å². The van der Waals surface area contributed by atoms with Crippen LogP contribution in [0.4, 0.5) is 0 Å². The first-order chi connectivity index (χ1) is 13.4. The van der Waals surface area contributed by atoms with Gasteiger partial charge < -0.3 is 9.66 Å². The molecule has 0 radical (unpaired) electrons. The van der Waals surface area contributed by atoms with E-state index >= 15 is 0 Å². The van der Waals surface area contributed by atoms with Crippen LogP contribution < -0.4 is 29.6 Å². The van der Waals surface area contributed by atoms with Gasteiger partial charge in [-0.15, -0.1) is 0 Å². The van der Waals surface area contributed by atoms with Gasteiger partial charge in [-0.25, -0.2) is 8.42 Å². The van der Waals surface area contributed by atoms with Crippen LogP contribution in [0.1, 0.15) is 136 Å². The molecule has 0 aliphatic heterocycles. The summed E-state index contributed by atoms with van der Waals surface area (Å²) in [6.45, 7) is 4.10. The molecule has 2 atom stereocenters. The molecule has 0 bridgehead atoms. The third kappa shape index (κ3) is 20.5. The van der Waals surface area contributed by atoms with Crippen molar-refractivity contribution in [2.45, 2.75) is 147 Å². The molecule has 0 aromatic heterocycles. The monoisotopic (exact) mass is 442 g/mol. The summed E-state index contributed by atoms with van der Waals surface area (Å²) in [5, 5.41) is 8.88. The Morgan fingerprint density at radius 3 is 1.28 bits per heavy atom. The number of aliphatic hydroxyl groups excluding tert-OH is 1. The van der Waals surface area contributed by atoms with Gasteiger partial charge in [-0.05, 0) is 12.8 Å². The van der Waals surface area contributed by atoms with Gasteiger partial charge in [0.05, 0.1) is 11.4 Å². The first-order valence-corrected chi connectivity index (χ1v) is 13.5. The second-order valence-electron chi connectivity index (χ2n) is 8.48. The molecule has 6 heteroatoms. The summed E-state index contributed by atoms with van der Waals surface area (Å²) < 4.78 is 33.7. The Hall–Kier alpha value is 0.870. The van der Waals surface area contributed by atoms with Crippen LogP contribution >= 0.6 is 0 Å².